The van der Waals surface area contributed by atoms with Crippen molar-refractivity contribution in [3.05, 3.63) is 35.2 Å². The highest BCUT2D eigenvalue weighted by Gasteiger charge is 2.17. The minimum atomic E-state index is -0.0819. The van der Waals surface area contributed by atoms with Crippen LogP contribution in [-0.2, 0) is 20.0 Å². The van der Waals surface area contributed by atoms with E-state index in [4.69, 9.17) is 5.73 Å². The van der Waals surface area contributed by atoms with E-state index < -0.39 is 0 Å². The fourth-order valence-corrected chi connectivity index (χ4v) is 2.34. The largest absolute Gasteiger partial charge is 0.334 e. The van der Waals surface area contributed by atoms with Crippen molar-refractivity contribution in [1.82, 2.24) is 19.3 Å². The van der Waals surface area contributed by atoms with Gasteiger partial charge in [-0.15, -0.1) is 0 Å². The van der Waals surface area contributed by atoms with Crippen LogP contribution in [0.15, 0.2) is 12.4 Å². The molecule has 0 aliphatic carbocycles. The van der Waals surface area contributed by atoms with Crippen LogP contribution in [0.25, 0.3) is 0 Å². The van der Waals surface area contributed by atoms with Gasteiger partial charge in [0, 0.05) is 31.7 Å². The van der Waals surface area contributed by atoms with Crippen LogP contribution in [0.4, 0.5) is 0 Å². The summed E-state index contributed by atoms with van der Waals surface area (Å²) in [7, 11) is 1.96. The van der Waals surface area contributed by atoms with Crippen LogP contribution in [0.2, 0.25) is 0 Å². The zero-order valence-corrected chi connectivity index (χ0v) is 11.5. The third-order valence-electron chi connectivity index (χ3n) is 3.50. The van der Waals surface area contributed by atoms with Gasteiger partial charge >= 0.3 is 0 Å². The van der Waals surface area contributed by atoms with Gasteiger partial charge in [0.2, 0.25) is 0 Å². The zero-order chi connectivity index (χ0) is 13.3. The third-order valence-corrected chi connectivity index (χ3v) is 3.50. The maximum Gasteiger partial charge on any atom is 0.125 e. The Labute approximate surface area is 108 Å². The first kappa shape index (κ1) is 12.8. The van der Waals surface area contributed by atoms with Crippen LogP contribution < -0.4 is 5.73 Å². The van der Waals surface area contributed by atoms with Crippen molar-refractivity contribution in [3.63, 3.8) is 0 Å². The number of nitrogens with two attached hydrogens (primary N) is 1. The van der Waals surface area contributed by atoms with Crippen LogP contribution in [0.1, 0.15) is 35.7 Å². The molecule has 0 spiro atoms. The van der Waals surface area contributed by atoms with Gasteiger partial charge in [0.15, 0.2) is 0 Å². The number of hydrogen-bond donors (Lipinski definition) is 1. The Kier molecular flexibility index (Phi) is 3.52. The van der Waals surface area contributed by atoms with Gasteiger partial charge in [0.25, 0.3) is 0 Å². The van der Waals surface area contributed by atoms with Gasteiger partial charge in [-0.05, 0) is 32.8 Å². The number of imidazole rings is 1. The topological polar surface area (TPSA) is 61.7 Å². The number of hydrogen-bond acceptors (Lipinski definition) is 3. The van der Waals surface area contributed by atoms with Crippen LogP contribution in [0.3, 0.4) is 0 Å². The highest BCUT2D eigenvalue weighted by atomic mass is 15.3. The van der Waals surface area contributed by atoms with E-state index in [2.05, 4.69) is 28.5 Å². The Hall–Kier alpha value is -1.62. The molecular weight excluding hydrogens is 226 g/mol. The number of rotatable bonds is 4. The smallest absolute Gasteiger partial charge is 0.125 e. The molecule has 5 nitrogen and oxygen atoms in total. The average Bonchev–Trinajstić information content (AvgIpc) is 2.90. The molecule has 0 aromatic carbocycles. The van der Waals surface area contributed by atoms with E-state index in [1.807, 2.05) is 31.0 Å². The monoisotopic (exact) mass is 247 g/mol. The molecule has 2 aromatic heterocycles. The van der Waals surface area contributed by atoms with Gasteiger partial charge in [0.05, 0.1) is 11.7 Å². The van der Waals surface area contributed by atoms with Crippen molar-refractivity contribution in [2.45, 2.75) is 39.8 Å². The first-order chi connectivity index (χ1) is 8.54. The van der Waals surface area contributed by atoms with Gasteiger partial charge in [-0.2, -0.15) is 5.10 Å². The third kappa shape index (κ3) is 2.18. The van der Waals surface area contributed by atoms with Crippen molar-refractivity contribution >= 4 is 0 Å². The van der Waals surface area contributed by atoms with Gasteiger partial charge < -0.3 is 10.3 Å². The van der Waals surface area contributed by atoms with Crippen molar-refractivity contribution in [3.8, 4) is 0 Å². The molecule has 2 rings (SSSR count). The van der Waals surface area contributed by atoms with E-state index >= 15 is 0 Å². The predicted octanol–water partition coefficient (Wildman–Crippen LogP) is 1.50. The Morgan fingerprint density at radius 1 is 1.39 bits per heavy atom. The molecule has 1 atom stereocenters. The molecular formula is C13H21N5. The summed E-state index contributed by atoms with van der Waals surface area (Å²) in [6, 6.07) is -0.0819. The lowest BCUT2D eigenvalue weighted by atomic mass is 10.0. The molecule has 2 aromatic rings. The fraction of sp³-hybridized carbons (Fsp3) is 0.538. The first-order valence-corrected chi connectivity index (χ1v) is 6.30. The van der Waals surface area contributed by atoms with E-state index in [0.29, 0.717) is 0 Å². The Balaban J connectivity index is 2.24. The summed E-state index contributed by atoms with van der Waals surface area (Å²) >= 11 is 0. The molecule has 0 aliphatic rings. The molecule has 0 radical (unpaired) electrons. The molecule has 0 aliphatic heterocycles. The van der Waals surface area contributed by atoms with E-state index in [9.17, 15) is 0 Å². The minimum Gasteiger partial charge on any atom is -0.334 e. The average molecular weight is 247 g/mol. The van der Waals surface area contributed by atoms with Gasteiger partial charge in [-0.25, -0.2) is 4.98 Å². The molecule has 0 fully saturated rings. The molecule has 0 saturated carbocycles. The minimum absolute atomic E-state index is 0.0819. The highest BCUT2D eigenvalue weighted by Crippen LogP contribution is 2.19. The lowest BCUT2D eigenvalue weighted by Crippen LogP contribution is -2.19. The molecule has 0 saturated heterocycles. The molecule has 18 heavy (non-hydrogen) atoms. The van der Waals surface area contributed by atoms with Crippen LogP contribution in [0, 0.1) is 13.8 Å². The van der Waals surface area contributed by atoms with Gasteiger partial charge in [-0.1, -0.05) is 0 Å². The second-order valence-electron chi connectivity index (χ2n) is 4.66. The van der Waals surface area contributed by atoms with Crippen LogP contribution >= 0.6 is 0 Å². The SMILES string of the molecule is CCn1ccnc1C(N)Cc1c(C)nn(C)c1C. The van der Waals surface area contributed by atoms with E-state index in [-0.39, 0.29) is 6.04 Å². The molecule has 98 valence electrons. The summed E-state index contributed by atoms with van der Waals surface area (Å²) in [5.41, 5.74) is 9.74. The second kappa shape index (κ2) is 4.94. The fourth-order valence-electron chi connectivity index (χ4n) is 2.34. The summed E-state index contributed by atoms with van der Waals surface area (Å²) in [6.45, 7) is 7.10. The second-order valence-corrected chi connectivity index (χ2v) is 4.66. The quantitative estimate of drug-likeness (QED) is 0.890. The Morgan fingerprint density at radius 3 is 2.67 bits per heavy atom. The van der Waals surface area contributed by atoms with Crippen LogP contribution in [0.5, 0.6) is 0 Å². The highest BCUT2D eigenvalue weighted by molar-refractivity contribution is 5.26. The van der Waals surface area contributed by atoms with Gasteiger partial charge in [0.1, 0.15) is 5.82 Å². The summed E-state index contributed by atoms with van der Waals surface area (Å²) in [6.07, 6.45) is 4.56. The van der Waals surface area contributed by atoms with Gasteiger partial charge in [-0.3, -0.25) is 4.68 Å². The normalized spacial score (nSPS) is 12.9. The van der Waals surface area contributed by atoms with Crippen molar-refractivity contribution in [2.24, 2.45) is 12.8 Å². The standard InChI is InChI=1S/C13H21N5/c1-5-18-7-6-15-13(18)12(14)8-11-9(2)16-17(4)10(11)3/h6-7,12H,5,8,14H2,1-4H3. The number of aryl methyl sites for hydroxylation is 3. The summed E-state index contributed by atoms with van der Waals surface area (Å²) in [5.74, 6) is 0.945. The summed E-state index contributed by atoms with van der Waals surface area (Å²) < 4.78 is 4.00. The number of nitrogens with zero attached hydrogens (tertiary/aromatic N) is 4. The molecule has 1 unspecified atom stereocenters. The summed E-state index contributed by atoms with van der Waals surface area (Å²) in [5, 5.41) is 4.42. The van der Waals surface area contributed by atoms with Crippen molar-refractivity contribution < 1.29 is 0 Å². The molecule has 0 bridgehead atoms. The lowest BCUT2D eigenvalue weighted by molar-refractivity contribution is 0.597. The Bertz CT molecular complexity index is 538. The summed E-state index contributed by atoms with van der Waals surface area (Å²) in [4.78, 5) is 4.36. The molecule has 2 heterocycles. The predicted molar refractivity (Wildman–Crippen MR) is 71.2 cm³/mol. The maximum atomic E-state index is 6.27. The van der Waals surface area contributed by atoms with Crippen molar-refractivity contribution in [2.75, 3.05) is 0 Å². The van der Waals surface area contributed by atoms with Crippen molar-refractivity contribution in [1.29, 1.82) is 0 Å². The molecule has 2 N–H and O–H groups in total. The number of aromatic nitrogens is 4. The Morgan fingerprint density at radius 2 is 2.11 bits per heavy atom. The van der Waals surface area contributed by atoms with E-state index in [1.54, 1.807) is 0 Å². The van der Waals surface area contributed by atoms with E-state index in [0.717, 1.165) is 24.5 Å². The van der Waals surface area contributed by atoms with E-state index in [1.165, 1.54) is 11.3 Å². The lowest BCUT2D eigenvalue weighted by Gasteiger charge is -2.13. The zero-order valence-electron chi connectivity index (χ0n) is 11.5. The van der Waals surface area contributed by atoms with Crippen LogP contribution in [-0.4, -0.2) is 19.3 Å². The molecule has 5 heteroatoms. The first-order valence-electron chi connectivity index (χ1n) is 6.30. The molecule has 0 amide bonds. The maximum absolute atomic E-state index is 6.27.